The highest BCUT2D eigenvalue weighted by molar-refractivity contribution is 5.57. The number of H-pyrrole nitrogens is 1. The van der Waals surface area contributed by atoms with Crippen molar-refractivity contribution < 1.29 is 4.74 Å². The van der Waals surface area contributed by atoms with Gasteiger partial charge in [0.1, 0.15) is 5.75 Å². The molecule has 84 valence electrons. The molecule has 16 heavy (non-hydrogen) atoms. The summed E-state index contributed by atoms with van der Waals surface area (Å²) in [6.07, 6.45) is 0.176. The Kier molecular flexibility index (Phi) is 2.85. The van der Waals surface area contributed by atoms with E-state index >= 15 is 0 Å². The molecule has 0 saturated heterocycles. The van der Waals surface area contributed by atoms with Crippen molar-refractivity contribution in [3.63, 3.8) is 0 Å². The van der Waals surface area contributed by atoms with Crippen LogP contribution < -0.4 is 4.74 Å². The monoisotopic (exact) mass is 218 g/mol. The standard InChI is InChI=1S/C11H14N4O/c1-7(2)16-10-5-4-9(6-8(10)3)11-12-14-15-13-11/h4-7H,1-3H3,(H,12,13,14,15). The molecule has 1 heterocycles. The lowest BCUT2D eigenvalue weighted by Crippen LogP contribution is -2.06. The Bertz CT molecular complexity index is 465. The second-order valence-electron chi connectivity index (χ2n) is 3.88. The van der Waals surface area contributed by atoms with Gasteiger partial charge in [-0.2, -0.15) is 5.21 Å². The van der Waals surface area contributed by atoms with Crippen LogP contribution in [0.1, 0.15) is 19.4 Å². The summed E-state index contributed by atoms with van der Waals surface area (Å²) in [4.78, 5) is 0. The summed E-state index contributed by atoms with van der Waals surface area (Å²) in [5.41, 5.74) is 2.00. The Labute approximate surface area is 93.8 Å². The van der Waals surface area contributed by atoms with Gasteiger partial charge in [-0.05, 0) is 49.7 Å². The molecule has 2 aromatic rings. The van der Waals surface area contributed by atoms with Gasteiger partial charge in [-0.1, -0.05) is 0 Å². The third-order valence-electron chi connectivity index (χ3n) is 2.14. The first-order valence-corrected chi connectivity index (χ1v) is 5.18. The summed E-state index contributed by atoms with van der Waals surface area (Å²) in [6.45, 7) is 6.01. The molecule has 5 heteroatoms. The van der Waals surface area contributed by atoms with Crippen LogP contribution in [0.2, 0.25) is 0 Å². The number of rotatable bonds is 3. The number of benzene rings is 1. The first-order chi connectivity index (χ1) is 7.66. The summed E-state index contributed by atoms with van der Waals surface area (Å²) in [5.74, 6) is 1.49. The molecule has 0 aliphatic rings. The Morgan fingerprint density at radius 1 is 1.31 bits per heavy atom. The minimum absolute atomic E-state index is 0.176. The SMILES string of the molecule is Cc1cc(-c2nn[nH]n2)ccc1OC(C)C. The average Bonchev–Trinajstić information content (AvgIpc) is 2.73. The first-order valence-electron chi connectivity index (χ1n) is 5.18. The van der Waals surface area contributed by atoms with E-state index in [4.69, 9.17) is 4.74 Å². The molecule has 0 spiro atoms. The molecule has 5 nitrogen and oxygen atoms in total. The van der Waals surface area contributed by atoms with Gasteiger partial charge in [0.15, 0.2) is 0 Å². The molecule has 1 aromatic carbocycles. The van der Waals surface area contributed by atoms with E-state index in [-0.39, 0.29) is 6.10 Å². The highest BCUT2D eigenvalue weighted by Gasteiger charge is 2.07. The van der Waals surface area contributed by atoms with E-state index in [1.54, 1.807) is 0 Å². The van der Waals surface area contributed by atoms with E-state index in [2.05, 4.69) is 20.6 Å². The zero-order valence-corrected chi connectivity index (χ0v) is 9.56. The molecule has 1 N–H and O–H groups in total. The maximum Gasteiger partial charge on any atom is 0.204 e. The zero-order valence-electron chi connectivity index (χ0n) is 9.56. The molecule has 0 atom stereocenters. The van der Waals surface area contributed by atoms with Crippen LogP contribution in [0, 0.1) is 6.92 Å². The van der Waals surface area contributed by atoms with Gasteiger partial charge < -0.3 is 4.74 Å². The maximum absolute atomic E-state index is 5.65. The second kappa shape index (κ2) is 4.30. The number of aromatic nitrogens is 4. The normalized spacial score (nSPS) is 10.8. The highest BCUT2D eigenvalue weighted by Crippen LogP contribution is 2.24. The van der Waals surface area contributed by atoms with Gasteiger partial charge in [-0.15, -0.1) is 10.2 Å². The molecule has 0 amide bonds. The number of hydrogen-bond acceptors (Lipinski definition) is 4. The van der Waals surface area contributed by atoms with Gasteiger partial charge in [0.2, 0.25) is 5.82 Å². The topological polar surface area (TPSA) is 63.7 Å². The lowest BCUT2D eigenvalue weighted by Gasteiger charge is -2.12. The van der Waals surface area contributed by atoms with Crippen LogP contribution in [0.4, 0.5) is 0 Å². The minimum Gasteiger partial charge on any atom is -0.491 e. The van der Waals surface area contributed by atoms with Crippen molar-refractivity contribution >= 4 is 0 Å². The van der Waals surface area contributed by atoms with Crippen LogP contribution in [0.15, 0.2) is 18.2 Å². The van der Waals surface area contributed by atoms with Gasteiger partial charge in [0.25, 0.3) is 0 Å². The van der Waals surface area contributed by atoms with Crippen LogP contribution in [0.3, 0.4) is 0 Å². The van der Waals surface area contributed by atoms with Crippen LogP contribution >= 0.6 is 0 Å². The predicted molar refractivity (Wildman–Crippen MR) is 60.1 cm³/mol. The van der Waals surface area contributed by atoms with Gasteiger partial charge in [-0.25, -0.2) is 0 Å². The number of aryl methyl sites for hydroxylation is 1. The molecule has 2 rings (SSSR count). The molecule has 0 bridgehead atoms. The predicted octanol–water partition coefficient (Wildman–Crippen LogP) is 1.96. The van der Waals surface area contributed by atoms with E-state index in [1.807, 2.05) is 39.0 Å². The number of aromatic amines is 1. The quantitative estimate of drug-likeness (QED) is 0.855. The molecule has 0 unspecified atom stereocenters. The minimum atomic E-state index is 0.176. The molecule has 1 aromatic heterocycles. The van der Waals surface area contributed by atoms with Crippen molar-refractivity contribution in [3.8, 4) is 17.1 Å². The molecule has 0 saturated carbocycles. The first kappa shape index (κ1) is 10.6. The van der Waals surface area contributed by atoms with Crippen molar-refractivity contribution in [1.29, 1.82) is 0 Å². The number of nitrogens with zero attached hydrogens (tertiary/aromatic N) is 3. The summed E-state index contributed by atoms with van der Waals surface area (Å²) in [7, 11) is 0. The van der Waals surface area contributed by atoms with Crippen molar-refractivity contribution in [2.75, 3.05) is 0 Å². The number of hydrogen-bond donors (Lipinski definition) is 1. The van der Waals surface area contributed by atoms with E-state index in [0.29, 0.717) is 5.82 Å². The second-order valence-corrected chi connectivity index (χ2v) is 3.88. The Balaban J connectivity index is 2.29. The molecule has 0 fully saturated rings. The summed E-state index contributed by atoms with van der Waals surface area (Å²) in [5, 5.41) is 13.8. The third-order valence-corrected chi connectivity index (χ3v) is 2.14. The fraction of sp³-hybridized carbons (Fsp3) is 0.364. The van der Waals surface area contributed by atoms with Gasteiger partial charge >= 0.3 is 0 Å². The number of ether oxygens (including phenoxy) is 1. The third kappa shape index (κ3) is 2.18. The van der Waals surface area contributed by atoms with Gasteiger partial charge in [0.05, 0.1) is 6.10 Å². The van der Waals surface area contributed by atoms with Crippen molar-refractivity contribution in [1.82, 2.24) is 20.6 Å². The lowest BCUT2D eigenvalue weighted by atomic mass is 10.1. The van der Waals surface area contributed by atoms with Crippen molar-refractivity contribution in [2.24, 2.45) is 0 Å². The number of nitrogens with one attached hydrogen (secondary N) is 1. The largest absolute Gasteiger partial charge is 0.491 e. The molecular formula is C11H14N4O. The van der Waals surface area contributed by atoms with Crippen LogP contribution in [-0.2, 0) is 0 Å². The highest BCUT2D eigenvalue weighted by atomic mass is 16.5. The smallest absolute Gasteiger partial charge is 0.204 e. The zero-order chi connectivity index (χ0) is 11.5. The van der Waals surface area contributed by atoms with Crippen molar-refractivity contribution in [3.05, 3.63) is 23.8 Å². The molecular weight excluding hydrogens is 204 g/mol. The summed E-state index contributed by atoms with van der Waals surface area (Å²) >= 11 is 0. The molecule has 0 radical (unpaired) electrons. The van der Waals surface area contributed by atoms with E-state index in [0.717, 1.165) is 16.9 Å². The number of tetrazole rings is 1. The maximum atomic E-state index is 5.65. The molecule has 0 aliphatic carbocycles. The van der Waals surface area contributed by atoms with Gasteiger partial charge in [0, 0.05) is 5.56 Å². The Hall–Kier alpha value is -1.91. The Morgan fingerprint density at radius 2 is 2.12 bits per heavy atom. The van der Waals surface area contributed by atoms with E-state index < -0.39 is 0 Å². The van der Waals surface area contributed by atoms with Crippen LogP contribution in [-0.4, -0.2) is 26.7 Å². The molecule has 0 aliphatic heterocycles. The summed E-state index contributed by atoms with van der Waals surface area (Å²) < 4.78 is 5.65. The van der Waals surface area contributed by atoms with Crippen LogP contribution in [0.25, 0.3) is 11.4 Å². The summed E-state index contributed by atoms with van der Waals surface area (Å²) in [6, 6.07) is 5.85. The van der Waals surface area contributed by atoms with Crippen LogP contribution in [0.5, 0.6) is 5.75 Å². The fourth-order valence-electron chi connectivity index (χ4n) is 1.46. The lowest BCUT2D eigenvalue weighted by molar-refractivity contribution is 0.241. The van der Waals surface area contributed by atoms with E-state index in [9.17, 15) is 0 Å². The Morgan fingerprint density at radius 3 is 2.69 bits per heavy atom. The fourth-order valence-corrected chi connectivity index (χ4v) is 1.46. The van der Waals surface area contributed by atoms with Crippen molar-refractivity contribution in [2.45, 2.75) is 26.9 Å². The van der Waals surface area contributed by atoms with Gasteiger partial charge in [-0.3, -0.25) is 0 Å². The average molecular weight is 218 g/mol. The van der Waals surface area contributed by atoms with E-state index in [1.165, 1.54) is 0 Å².